The standard InChI is InChI=1S/C13H24N4O2/c1-13(2)9-17(6-4-10(13)14)8-12-15-11(16-19-12)5-7-18-3/h10H,4-9,14H2,1-3H3. The molecule has 1 aromatic rings. The number of piperidine rings is 1. The van der Waals surface area contributed by atoms with Gasteiger partial charge in [0.1, 0.15) is 0 Å². The van der Waals surface area contributed by atoms with Crippen LogP contribution in [0.25, 0.3) is 0 Å². The molecule has 19 heavy (non-hydrogen) atoms. The van der Waals surface area contributed by atoms with E-state index in [2.05, 4.69) is 28.9 Å². The Kier molecular flexibility index (Phi) is 4.54. The van der Waals surface area contributed by atoms with Crippen LogP contribution in [0, 0.1) is 5.41 Å². The first-order chi connectivity index (χ1) is 9.01. The molecule has 0 spiro atoms. The number of aromatic nitrogens is 2. The van der Waals surface area contributed by atoms with Crippen molar-refractivity contribution in [3.63, 3.8) is 0 Å². The van der Waals surface area contributed by atoms with Crippen LogP contribution in [0.3, 0.4) is 0 Å². The lowest BCUT2D eigenvalue weighted by molar-refractivity contribution is 0.0811. The van der Waals surface area contributed by atoms with Crippen LogP contribution < -0.4 is 5.73 Å². The third-order valence-electron chi connectivity index (χ3n) is 3.79. The van der Waals surface area contributed by atoms with Crippen molar-refractivity contribution in [2.24, 2.45) is 11.1 Å². The van der Waals surface area contributed by atoms with Crippen molar-refractivity contribution < 1.29 is 9.26 Å². The molecule has 2 rings (SSSR count). The molecular weight excluding hydrogens is 244 g/mol. The summed E-state index contributed by atoms with van der Waals surface area (Å²) >= 11 is 0. The van der Waals surface area contributed by atoms with Gasteiger partial charge in [-0.2, -0.15) is 4.98 Å². The zero-order chi connectivity index (χ0) is 13.9. The lowest BCUT2D eigenvalue weighted by Crippen LogP contribution is -2.52. The highest BCUT2D eigenvalue weighted by Crippen LogP contribution is 2.28. The average molecular weight is 268 g/mol. The van der Waals surface area contributed by atoms with Gasteiger partial charge in [0.05, 0.1) is 13.2 Å². The maximum Gasteiger partial charge on any atom is 0.240 e. The Balaban J connectivity index is 1.89. The molecule has 6 nitrogen and oxygen atoms in total. The van der Waals surface area contributed by atoms with Crippen LogP contribution >= 0.6 is 0 Å². The van der Waals surface area contributed by atoms with E-state index >= 15 is 0 Å². The van der Waals surface area contributed by atoms with Gasteiger partial charge >= 0.3 is 0 Å². The lowest BCUT2D eigenvalue weighted by atomic mass is 9.80. The molecule has 2 heterocycles. The van der Waals surface area contributed by atoms with Crippen LogP contribution in [0.15, 0.2) is 4.52 Å². The molecule has 0 aliphatic carbocycles. The summed E-state index contributed by atoms with van der Waals surface area (Å²) in [5.74, 6) is 1.39. The number of rotatable bonds is 5. The van der Waals surface area contributed by atoms with Crippen LogP contribution in [-0.4, -0.2) is 47.9 Å². The molecule has 0 bridgehead atoms. The van der Waals surface area contributed by atoms with E-state index in [4.69, 9.17) is 15.0 Å². The minimum absolute atomic E-state index is 0.136. The minimum atomic E-state index is 0.136. The fourth-order valence-electron chi connectivity index (χ4n) is 2.46. The summed E-state index contributed by atoms with van der Waals surface area (Å²) in [6.45, 7) is 7.69. The van der Waals surface area contributed by atoms with Crippen molar-refractivity contribution in [3.8, 4) is 0 Å². The number of hydrogen-bond acceptors (Lipinski definition) is 6. The second-order valence-electron chi connectivity index (χ2n) is 5.94. The van der Waals surface area contributed by atoms with Crippen molar-refractivity contribution in [2.75, 3.05) is 26.8 Å². The zero-order valence-electron chi connectivity index (χ0n) is 12.1. The molecule has 1 saturated heterocycles. The predicted octanol–water partition coefficient (Wildman–Crippen LogP) is 0.818. The monoisotopic (exact) mass is 268 g/mol. The molecular formula is C13H24N4O2. The molecule has 1 atom stereocenters. The number of nitrogens with zero attached hydrogens (tertiary/aromatic N) is 3. The molecule has 2 N–H and O–H groups in total. The van der Waals surface area contributed by atoms with E-state index in [9.17, 15) is 0 Å². The van der Waals surface area contributed by atoms with Gasteiger partial charge in [-0.05, 0) is 11.8 Å². The molecule has 1 aromatic heterocycles. The van der Waals surface area contributed by atoms with Crippen LogP contribution in [0.2, 0.25) is 0 Å². The highest BCUT2D eigenvalue weighted by Gasteiger charge is 2.33. The quantitative estimate of drug-likeness (QED) is 0.852. The summed E-state index contributed by atoms with van der Waals surface area (Å²) in [4.78, 5) is 6.71. The first-order valence-corrected chi connectivity index (χ1v) is 6.79. The highest BCUT2D eigenvalue weighted by molar-refractivity contribution is 4.92. The maximum absolute atomic E-state index is 6.14. The number of hydrogen-bond donors (Lipinski definition) is 1. The molecule has 0 amide bonds. The van der Waals surface area contributed by atoms with Gasteiger partial charge in [0, 0.05) is 32.7 Å². The van der Waals surface area contributed by atoms with Crippen LogP contribution in [0.5, 0.6) is 0 Å². The summed E-state index contributed by atoms with van der Waals surface area (Å²) in [5.41, 5.74) is 6.27. The predicted molar refractivity (Wildman–Crippen MR) is 71.5 cm³/mol. The molecule has 1 unspecified atom stereocenters. The molecule has 0 aromatic carbocycles. The van der Waals surface area contributed by atoms with E-state index in [1.54, 1.807) is 7.11 Å². The van der Waals surface area contributed by atoms with Gasteiger partial charge in [0.15, 0.2) is 5.82 Å². The topological polar surface area (TPSA) is 77.4 Å². The van der Waals surface area contributed by atoms with Crippen LogP contribution in [0.4, 0.5) is 0 Å². The number of ether oxygens (including phenoxy) is 1. The average Bonchev–Trinajstić information content (AvgIpc) is 2.78. The minimum Gasteiger partial charge on any atom is -0.384 e. The highest BCUT2D eigenvalue weighted by atomic mass is 16.5. The van der Waals surface area contributed by atoms with Crippen LogP contribution in [0.1, 0.15) is 32.0 Å². The first-order valence-electron chi connectivity index (χ1n) is 6.79. The Morgan fingerprint density at radius 3 is 3.00 bits per heavy atom. The normalized spacial score (nSPS) is 23.7. The summed E-state index contributed by atoms with van der Waals surface area (Å²) in [5, 5.41) is 3.95. The molecule has 1 fully saturated rings. The van der Waals surface area contributed by atoms with Gasteiger partial charge in [-0.25, -0.2) is 0 Å². The molecule has 6 heteroatoms. The van der Waals surface area contributed by atoms with Crippen molar-refractivity contribution in [1.29, 1.82) is 0 Å². The largest absolute Gasteiger partial charge is 0.384 e. The Hall–Kier alpha value is -0.980. The van der Waals surface area contributed by atoms with Crippen molar-refractivity contribution in [1.82, 2.24) is 15.0 Å². The third-order valence-corrected chi connectivity index (χ3v) is 3.79. The second-order valence-corrected chi connectivity index (χ2v) is 5.94. The van der Waals surface area contributed by atoms with E-state index in [0.717, 1.165) is 19.5 Å². The van der Waals surface area contributed by atoms with E-state index in [1.165, 1.54) is 0 Å². The Morgan fingerprint density at radius 1 is 1.53 bits per heavy atom. The molecule has 0 radical (unpaired) electrons. The Labute approximate surface area is 114 Å². The van der Waals surface area contributed by atoms with E-state index < -0.39 is 0 Å². The number of nitrogens with two attached hydrogens (primary N) is 1. The fourth-order valence-corrected chi connectivity index (χ4v) is 2.46. The van der Waals surface area contributed by atoms with Crippen molar-refractivity contribution >= 4 is 0 Å². The first kappa shape index (κ1) is 14.4. The summed E-state index contributed by atoms with van der Waals surface area (Å²) in [6.07, 6.45) is 1.70. The molecule has 1 aliphatic heterocycles. The van der Waals surface area contributed by atoms with Gasteiger partial charge in [-0.3, -0.25) is 4.90 Å². The number of methoxy groups -OCH3 is 1. The second kappa shape index (κ2) is 5.98. The van der Waals surface area contributed by atoms with E-state index in [-0.39, 0.29) is 11.5 Å². The van der Waals surface area contributed by atoms with Gasteiger partial charge < -0.3 is 15.0 Å². The van der Waals surface area contributed by atoms with Crippen LogP contribution in [-0.2, 0) is 17.7 Å². The summed E-state index contributed by atoms with van der Waals surface area (Å²) in [6, 6.07) is 0.267. The smallest absolute Gasteiger partial charge is 0.240 e. The number of likely N-dealkylation sites (tertiary alicyclic amines) is 1. The van der Waals surface area contributed by atoms with Crippen molar-refractivity contribution in [2.45, 2.75) is 39.3 Å². The van der Waals surface area contributed by atoms with Gasteiger partial charge in [0.2, 0.25) is 5.89 Å². The SMILES string of the molecule is COCCc1noc(CN2CCC(N)C(C)(C)C2)n1. The van der Waals surface area contributed by atoms with E-state index in [1.807, 2.05) is 0 Å². The maximum atomic E-state index is 6.14. The Morgan fingerprint density at radius 2 is 2.32 bits per heavy atom. The van der Waals surface area contributed by atoms with E-state index in [0.29, 0.717) is 31.3 Å². The molecule has 108 valence electrons. The zero-order valence-corrected chi connectivity index (χ0v) is 12.1. The lowest BCUT2D eigenvalue weighted by Gasteiger charge is -2.42. The third kappa shape index (κ3) is 3.75. The summed E-state index contributed by atoms with van der Waals surface area (Å²) < 4.78 is 10.3. The van der Waals surface area contributed by atoms with Gasteiger partial charge in [-0.15, -0.1) is 0 Å². The van der Waals surface area contributed by atoms with Gasteiger partial charge in [0.25, 0.3) is 0 Å². The van der Waals surface area contributed by atoms with Gasteiger partial charge in [-0.1, -0.05) is 19.0 Å². The Bertz CT molecular complexity index is 405. The molecule has 0 saturated carbocycles. The summed E-state index contributed by atoms with van der Waals surface area (Å²) in [7, 11) is 1.67. The fraction of sp³-hybridized carbons (Fsp3) is 0.846. The van der Waals surface area contributed by atoms with Crippen molar-refractivity contribution in [3.05, 3.63) is 11.7 Å². The molecule has 1 aliphatic rings.